The van der Waals surface area contributed by atoms with Crippen LogP contribution in [0, 0.1) is 0 Å². The highest BCUT2D eigenvalue weighted by molar-refractivity contribution is 5.94. The van der Waals surface area contributed by atoms with E-state index in [9.17, 15) is 4.79 Å². The molecule has 5 rings (SSSR count). The van der Waals surface area contributed by atoms with E-state index in [0.29, 0.717) is 43.7 Å². The fourth-order valence-electron chi connectivity index (χ4n) is 5.32. The standard InChI is InChI=1S/C26H35N5O3/c1-29(20-8-4-3-5-9-20)26-27-23-11-12-31(25(32)19-7-6-10-21(17-19)33-2)18-22(23)24(28-26)30-13-15-34-16-14-30/h6-7,10,17,20H,3-5,8-9,11-16,18H2,1-2H3. The third-order valence-electron chi connectivity index (χ3n) is 7.38. The maximum Gasteiger partial charge on any atom is 0.254 e. The summed E-state index contributed by atoms with van der Waals surface area (Å²) in [7, 11) is 3.76. The number of benzene rings is 1. The molecule has 34 heavy (non-hydrogen) atoms. The van der Waals surface area contributed by atoms with E-state index in [1.165, 1.54) is 32.1 Å². The number of anilines is 2. The predicted molar refractivity (Wildman–Crippen MR) is 132 cm³/mol. The Morgan fingerprint density at radius 2 is 1.91 bits per heavy atom. The monoisotopic (exact) mass is 465 g/mol. The number of rotatable bonds is 5. The van der Waals surface area contributed by atoms with Gasteiger partial charge in [-0.2, -0.15) is 4.98 Å². The predicted octanol–water partition coefficient (Wildman–Crippen LogP) is 3.29. The van der Waals surface area contributed by atoms with Crippen LogP contribution in [0.5, 0.6) is 5.75 Å². The van der Waals surface area contributed by atoms with Crippen molar-refractivity contribution in [3.63, 3.8) is 0 Å². The number of hydrogen-bond acceptors (Lipinski definition) is 7. The molecule has 3 aliphatic rings. The van der Waals surface area contributed by atoms with Crippen LogP contribution in [0.4, 0.5) is 11.8 Å². The van der Waals surface area contributed by atoms with Gasteiger partial charge in [0.2, 0.25) is 5.95 Å². The Morgan fingerprint density at radius 1 is 1.12 bits per heavy atom. The lowest BCUT2D eigenvalue weighted by Crippen LogP contribution is -2.42. The number of carbonyl (C=O) groups is 1. The average molecular weight is 466 g/mol. The van der Waals surface area contributed by atoms with Gasteiger partial charge in [-0.25, -0.2) is 4.98 Å². The van der Waals surface area contributed by atoms with Crippen molar-refractivity contribution < 1.29 is 14.3 Å². The Morgan fingerprint density at radius 3 is 2.68 bits per heavy atom. The normalized spacial score (nSPS) is 19.0. The maximum atomic E-state index is 13.3. The van der Waals surface area contributed by atoms with E-state index in [1.807, 2.05) is 23.1 Å². The highest BCUT2D eigenvalue weighted by Gasteiger charge is 2.30. The van der Waals surface area contributed by atoms with Crippen molar-refractivity contribution in [2.45, 2.75) is 51.1 Å². The SMILES string of the molecule is COc1cccc(C(=O)N2CCc3nc(N(C)C4CCCCC4)nc(N4CCOCC4)c3C2)c1. The lowest BCUT2D eigenvalue weighted by atomic mass is 9.95. The number of aromatic nitrogens is 2. The molecule has 182 valence electrons. The van der Waals surface area contributed by atoms with Crippen LogP contribution in [0.15, 0.2) is 24.3 Å². The molecule has 8 nitrogen and oxygen atoms in total. The van der Waals surface area contributed by atoms with E-state index < -0.39 is 0 Å². The summed E-state index contributed by atoms with van der Waals surface area (Å²) < 4.78 is 10.9. The van der Waals surface area contributed by atoms with Crippen LogP contribution >= 0.6 is 0 Å². The summed E-state index contributed by atoms with van der Waals surface area (Å²) in [5.41, 5.74) is 2.79. The second kappa shape index (κ2) is 10.2. The Balaban J connectivity index is 1.45. The number of ether oxygens (including phenoxy) is 2. The van der Waals surface area contributed by atoms with Crippen molar-refractivity contribution in [3.05, 3.63) is 41.1 Å². The first kappa shape index (κ1) is 22.9. The van der Waals surface area contributed by atoms with E-state index in [2.05, 4.69) is 16.8 Å². The van der Waals surface area contributed by atoms with Gasteiger partial charge in [0.25, 0.3) is 5.91 Å². The zero-order chi connectivity index (χ0) is 23.5. The third-order valence-corrected chi connectivity index (χ3v) is 7.38. The van der Waals surface area contributed by atoms with Gasteiger partial charge in [-0.3, -0.25) is 4.79 Å². The Bertz CT molecular complexity index is 1020. The van der Waals surface area contributed by atoms with Crippen molar-refractivity contribution in [1.29, 1.82) is 0 Å². The van der Waals surface area contributed by atoms with Crippen LogP contribution in [0.25, 0.3) is 0 Å². The minimum absolute atomic E-state index is 0.0147. The highest BCUT2D eigenvalue weighted by atomic mass is 16.5. The van der Waals surface area contributed by atoms with Gasteiger partial charge < -0.3 is 24.2 Å². The van der Waals surface area contributed by atoms with Crippen molar-refractivity contribution in [2.24, 2.45) is 0 Å². The first-order valence-electron chi connectivity index (χ1n) is 12.5. The van der Waals surface area contributed by atoms with Crippen LogP contribution in [0.3, 0.4) is 0 Å². The van der Waals surface area contributed by atoms with E-state index in [-0.39, 0.29) is 5.91 Å². The molecule has 1 saturated carbocycles. The first-order chi connectivity index (χ1) is 16.6. The van der Waals surface area contributed by atoms with Gasteiger partial charge in [0, 0.05) is 50.3 Å². The molecule has 0 bridgehead atoms. The smallest absolute Gasteiger partial charge is 0.254 e. The van der Waals surface area contributed by atoms with Crippen molar-refractivity contribution in [2.75, 3.05) is 56.8 Å². The second-order valence-electron chi connectivity index (χ2n) is 9.48. The molecule has 0 radical (unpaired) electrons. The molecule has 1 aromatic heterocycles. The Hall–Kier alpha value is -2.87. The largest absolute Gasteiger partial charge is 0.497 e. The number of amides is 1. The molecule has 3 heterocycles. The quantitative estimate of drug-likeness (QED) is 0.671. The van der Waals surface area contributed by atoms with Gasteiger partial charge in [0.05, 0.1) is 32.6 Å². The summed E-state index contributed by atoms with van der Waals surface area (Å²) in [4.78, 5) is 30.0. The molecular weight excluding hydrogens is 430 g/mol. The van der Waals surface area contributed by atoms with E-state index in [4.69, 9.17) is 19.4 Å². The van der Waals surface area contributed by atoms with E-state index in [0.717, 1.165) is 42.5 Å². The molecule has 0 unspecified atom stereocenters. The topological polar surface area (TPSA) is 71.0 Å². The summed E-state index contributed by atoms with van der Waals surface area (Å²) in [5.74, 6) is 2.49. The Labute approximate surface area is 201 Å². The zero-order valence-corrected chi connectivity index (χ0v) is 20.3. The summed E-state index contributed by atoms with van der Waals surface area (Å²) in [6.45, 7) is 4.17. The summed E-state index contributed by atoms with van der Waals surface area (Å²) in [6, 6.07) is 7.87. The van der Waals surface area contributed by atoms with Crippen molar-refractivity contribution >= 4 is 17.7 Å². The molecule has 2 aromatic rings. The van der Waals surface area contributed by atoms with Crippen LogP contribution in [-0.2, 0) is 17.7 Å². The van der Waals surface area contributed by atoms with Gasteiger partial charge in [-0.15, -0.1) is 0 Å². The molecule has 1 aromatic carbocycles. The van der Waals surface area contributed by atoms with E-state index in [1.54, 1.807) is 13.2 Å². The van der Waals surface area contributed by atoms with Gasteiger partial charge in [0.1, 0.15) is 11.6 Å². The Kier molecular flexibility index (Phi) is 6.85. The minimum Gasteiger partial charge on any atom is -0.497 e. The molecule has 1 amide bonds. The summed E-state index contributed by atoms with van der Waals surface area (Å²) in [5, 5.41) is 0. The maximum absolute atomic E-state index is 13.3. The summed E-state index contributed by atoms with van der Waals surface area (Å²) in [6.07, 6.45) is 7.01. The first-order valence-corrected chi connectivity index (χ1v) is 12.5. The van der Waals surface area contributed by atoms with Crippen molar-refractivity contribution in [3.8, 4) is 5.75 Å². The number of nitrogens with zero attached hydrogens (tertiary/aromatic N) is 5. The van der Waals surface area contributed by atoms with Gasteiger partial charge in [-0.1, -0.05) is 25.3 Å². The second-order valence-corrected chi connectivity index (χ2v) is 9.48. The lowest BCUT2D eigenvalue weighted by molar-refractivity contribution is 0.0732. The summed E-state index contributed by atoms with van der Waals surface area (Å²) >= 11 is 0. The zero-order valence-electron chi connectivity index (χ0n) is 20.3. The molecular formula is C26H35N5O3. The molecule has 2 aliphatic heterocycles. The van der Waals surface area contributed by atoms with Gasteiger partial charge in [0.15, 0.2) is 0 Å². The molecule has 1 saturated heterocycles. The van der Waals surface area contributed by atoms with Crippen LogP contribution in [-0.4, -0.2) is 73.8 Å². The lowest BCUT2D eigenvalue weighted by Gasteiger charge is -2.37. The number of methoxy groups -OCH3 is 1. The number of hydrogen-bond donors (Lipinski definition) is 0. The van der Waals surface area contributed by atoms with Crippen molar-refractivity contribution in [1.82, 2.24) is 14.9 Å². The minimum atomic E-state index is 0.0147. The highest BCUT2D eigenvalue weighted by Crippen LogP contribution is 2.32. The molecule has 1 aliphatic carbocycles. The molecule has 8 heteroatoms. The van der Waals surface area contributed by atoms with Gasteiger partial charge >= 0.3 is 0 Å². The molecule has 2 fully saturated rings. The molecule has 0 atom stereocenters. The molecule has 0 N–H and O–H groups in total. The average Bonchev–Trinajstić information content (AvgIpc) is 2.92. The number of fused-ring (bicyclic) bond motifs is 1. The van der Waals surface area contributed by atoms with Crippen LogP contribution in [0.2, 0.25) is 0 Å². The fourth-order valence-corrected chi connectivity index (χ4v) is 5.32. The van der Waals surface area contributed by atoms with Crippen LogP contribution in [0.1, 0.15) is 53.7 Å². The fraction of sp³-hybridized carbons (Fsp3) is 0.577. The number of carbonyl (C=O) groups excluding carboxylic acids is 1. The number of morpholine rings is 1. The van der Waals surface area contributed by atoms with E-state index >= 15 is 0 Å². The van der Waals surface area contributed by atoms with Gasteiger partial charge in [-0.05, 0) is 31.0 Å². The molecule has 0 spiro atoms. The third kappa shape index (κ3) is 4.69. The van der Waals surface area contributed by atoms with Crippen LogP contribution < -0.4 is 14.5 Å².